The molecule has 1 heterocycles. The summed E-state index contributed by atoms with van der Waals surface area (Å²) in [6.45, 7) is 4.60. The van der Waals surface area contributed by atoms with Crippen LogP contribution in [0.1, 0.15) is 31.0 Å². The second-order valence-electron chi connectivity index (χ2n) is 9.02. The van der Waals surface area contributed by atoms with Crippen LogP contribution in [0.2, 0.25) is 0 Å². The molecule has 4 nitrogen and oxygen atoms in total. The number of pyridine rings is 1. The Morgan fingerprint density at radius 2 is 1.30 bits per heavy atom. The van der Waals surface area contributed by atoms with Crippen LogP contribution < -0.4 is 4.57 Å². The van der Waals surface area contributed by atoms with E-state index in [4.69, 9.17) is 13.0 Å². The zero-order valence-electron chi connectivity index (χ0n) is 20.4. The lowest BCUT2D eigenvalue weighted by atomic mass is 9.83. The number of alkyl halides is 3. The fourth-order valence-corrected chi connectivity index (χ4v) is 4.70. The number of halogens is 3. The van der Waals surface area contributed by atoms with Crippen molar-refractivity contribution < 1.29 is 30.7 Å². The van der Waals surface area contributed by atoms with Crippen molar-refractivity contribution in [1.29, 1.82) is 0 Å². The number of hydrogen-bond donors (Lipinski definition) is 0. The summed E-state index contributed by atoms with van der Waals surface area (Å²) in [5.74, 6) is 0. The largest absolute Gasteiger partial charge is 0.741 e. The van der Waals surface area contributed by atoms with Crippen LogP contribution in [0, 0.1) is 0 Å². The average Bonchev–Trinajstić information content (AvgIpc) is 2.87. The van der Waals surface area contributed by atoms with Gasteiger partial charge in [-0.05, 0) is 61.6 Å². The molecule has 0 atom stereocenters. The molecule has 0 saturated carbocycles. The first-order valence-electron chi connectivity index (χ1n) is 11.8. The third kappa shape index (κ3) is 5.60. The molecule has 192 valence electrons. The van der Waals surface area contributed by atoms with E-state index in [1.54, 1.807) is 0 Å². The van der Waals surface area contributed by atoms with Gasteiger partial charge >= 0.3 is 5.51 Å². The van der Waals surface area contributed by atoms with E-state index in [0.717, 1.165) is 12.8 Å². The Bertz CT molecular complexity index is 1500. The van der Waals surface area contributed by atoms with Gasteiger partial charge in [0.15, 0.2) is 16.2 Å². The van der Waals surface area contributed by atoms with Gasteiger partial charge in [-0.2, -0.15) is 17.7 Å². The minimum atomic E-state index is -6.09. The predicted octanol–water partition coefficient (Wildman–Crippen LogP) is 6.71. The zero-order valence-corrected chi connectivity index (χ0v) is 21.2. The number of rotatable bonds is 3. The number of benzene rings is 3. The maximum absolute atomic E-state index is 10.7. The van der Waals surface area contributed by atoms with Crippen molar-refractivity contribution >= 4 is 10.1 Å². The number of fused-ring (bicyclic) bond motifs is 3. The topological polar surface area (TPSA) is 61.1 Å². The minimum Gasteiger partial charge on any atom is -0.741 e. The maximum atomic E-state index is 10.7. The molecule has 1 aromatic heterocycles. The summed E-state index contributed by atoms with van der Waals surface area (Å²) in [6, 6.07) is 33.4. The van der Waals surface area contributed by atoms with Crippen molar-refractivity contribution in [2.75, 3.05) is 0 Å². The van der Waals surface area contributed by atoms with E-state index in [0.29, 0.717) is 6.04 Å². The molecule has 0 aliphatic heterocycles. The summed E-state index contributed by atoms with van der Waals surface area (Å²) >= 11 is 0. The van der Waals surface area contributed by atoms with Crippen molar-refractivity contribution in [2.24, 2.45) is 0 Å². The van der Waals surface area contributed by atoms with Crippen molar-refractivity contribution in [3.05, 3.63) is 102 Å². The molecule has 1 aliphatic rings. The predicted molar refractivity (Wildman–Crippen MR) is 136 cm³/mol. The Hall–Kier alpha value is -3.49. The lowest BCUT2D eigenvalue weighted by molar-refractivity contribution is -0.695. The molecule has 37 heavy (non-hydrogen) atoms. The summed E-state index contributed by atoms with van der Waals surface area (Å²) in [7, 11) is -6.09. The SMILES string of the molecule is CC(C)[n+]1c(-c2ccccc2)cc(-c2ccccc2)c2c1-c1ccccc1CC2.O=S(=O)([O-])C(F)(F)F. The third-order valence-electron chi connectivity index (χ3n) is 6.26. The van der Waals surface area contributed by atoms with E-state index in [-0.39, 0.29) is 0 Å². The Balaban J connectivity index is 0.000000349. The highest BCUT2D eigenvalue weighted by atomic mass is 32.2. The summed E-state index contributed by atoms with van der Waals surface area (Å²) in [5, 5.41) is 0. The Kier molecular flexibility index (Phi) is 7.52. The molecule has 0 spiro atoms. The molecule has 1 aliphatic carbocycles. The lowest BCUT2D eigenvalue weighted by Gasteiger charge is -2.24. The fraction of sp³-hybridized carbons (Fsp3) is 0.207. The quantitative estimate of drug-likeness (QED) is 0.170. The van der Waals surface area contributed by atoms with Gasteiger partial charge in [0.05, 0.1) is 0 Å². The van der Waals surface area contributed by atoms with Crippen LogP contribution in [0.5, 0.6) is 0 Å². The molecule has 5 rings (SSSR count). The van der Waals surface area contributed by atoms with Gasteiger partial charge in [0.2, 0.25) is 11.4 Å². The van der Waals surface area contributed by atoms with E-state index in [9.17, 15) is 13.2 Å². The van der Waals surface area contributed by atoms with Gasteiger partial charge in [0, 0.05) is 22.8 Å². The van der Waals surface area contributed by atoms with Crippen LogP contribution in [-0.4, -0.2) is 18.5 Å². The van der Waals surface area contributed by atoms with Crippen LogP contribution in [-0.2, 0) is 23.0 Å². The molecular weight excluding hydrogens is 499 g/mol. The highest BCUT2D eigenvalue weighted by molar-refractivity contribution is 7.86. The molecule has 0 amide bonds. The summed E-state index contributed by atoms with van der Waals surface area (Å²) in [5.41, 5.74) is 5.29. The van der Waals surface area contributed by atoms with Gasteiger partial charge in [-0.15, -0.1) is 0 Å². The van der Waals surface area contributed by atoms with E-state index >= 15 is 0 Å². The maximum Gasteiger partial charge on any atom is 0.485 e. The van der Waals surface area contributed by atoms with Gasteiger partial charge in [0.1, 0.15) is 0 Å². The second-order valence-corrected chi connectivity index (χ2v) is 10.4. The third-order valence-corrected chi connectivity index (χ3v) is 6.83. The number of nitrogens with zero attached hydrogens (tertiary/aromatic N) is 1. The van der Waals surface area contributed by atoms with E-state index in [1.807, 2.05) is 0 Å². The fourth-order valence-electron chi connectivity index (χ4n) is 4.70. The molecule has 0 fully saturated rings. The van der Waals surface area contributed by atoms with E-state index in [1.165, 1.54) is 44.8 Å². The average molecular weight is 526 g/mol. The first-order valence-corrected chi connectivity index (χ1v) is 13.2. The second kappa shape index (κ2) is 10.5. The van der Waals surface area contributed by atoms with Crippen molar-refractivity contribution in [3.8, 4) is 33.6 Å². The highest BCUT2D eigenvalue weighted by Gasteiger charge is 2.37. The van der Waals surface area contributed by atoms with Crippen molar-refractivity contribution in [3.63, 3.8) is 0 Å². The number of aromatic nitrogens is 1. The lowest BCUT2D eigenvalue weighted by Crippen LogP contribution is -2.43. The Morgan fingerprint density at radius 3 is 1.84 bits per heavy atom. The number of hydrogen-bond acceptors (Lipinski definition) is 3. The molecule has 0 saturated heterocycles. The van der Waals surface area contributed by atoms with E-state index < -0.39 is 15.6 Å². The molecule has 0 unspecified atom stereocenters. The Labute approximate surface area is 214 Å². The molecule has 0 N–H and O–H groups in total. The van der Waals surface area contributed by atoms with Gasteiger partial charge < -0.3 is 4.55 Å². The molecule has 0 radical (unpaired) electrons. The van der Waals surface area contributed by atoms with Gasteiger partial charge in [-0.1, -0.05) is 66.7 Å². The molecule has 4 aromatic rings. The first kappa shape index (κ1) is 26.6. The van der Waals surface area contributed by atoms with Crippen LogP contribution in [0.15, 0.2) is 91.0 Å². The highest BCUT2D eigenvalue weighted by Crippen LogP contribution is 2.39. The summed E-state index contributed by atoms with van der Waals surface area (Å²) < 4.78 is 61.5. The van der Waals surface area contributed by atoms with Crippen molar-refractivity contribution in [1.82, 2.24) is 0 Å². The zero-order chi connectivity index (χ0) is 26.8. The normalized spacial score (nSPS) is 12.8. The summed E-state index contributed by atoms with van der Waals surface area (Å²) in [4.78, 5) is 0. The van der Waals surface area contributed by atoms with Crippen LogP contribution >= 0.6 is 0 Å². The van der Waals surface area contributed by atoms with Crippen LogP contribution in [0.25, 0.3) is 33.6 Å². The molecule has 8 heteroatoms. The van der Waals surface area contributed by atoms with Crippen LogP contribution in [0.3, 0.4) is 0 Å². The molecule has 0 bridgehead atoms. The molecular formula is C29H26F3NO3S. The van der Waals surface area contributed by atoms with Gasteiger partial charge in [-0.3, -0.25) is 0 Å². The standard InChI is InChI=1S/C28H26N.CHF3O3S/c1-20(2)29-27(23-14-7-4-8-15-23)19-26(21-11-5-3-6-12-21)25-18-17-22-13-9-10-16-24(22)28(25)29;2-1(3,4)8(5,6)7/h3-16,19-20H,17-18H2,1-2H3;(H,5,6,7)/q+1;/p-1. The minimum absolute atomic E-state index is 0.370. The van der Waals surface area contributed by atoms with Crippen LogP contribution in [0.4, 0.5) is 13.2 Å². The van der Waals surface area contributed by atoms with Crippen molar-refractivity contribution in [2.45, 2.75) is 38.2 Å². The number of aryl methyl sites for hydroxylation is 1. The van der Waals surface area contributed by atoms with Gasteiger partial charge in [0.25, 0.3) is 0 Å². The molecule has 3 aromatic carbocycles. The Morgan fingerprint density at radius 1 is 0.784 bits per heavy atom. The van der Waals surface area contributed by atoms with Gasteiger partial charge in [-0.25, -0.2) is 8.42 Å². The first-order chi connectivity index (χ1) is 17.5. The van der Waals surface area contributed by atoms with E-state index in [2.05, 4.69) is 109 Å². The smallest absolute Gasteiger partial charge is 0.485 e. The monoisotopic (exact) mass is 525 g/mol. The summed E-state index contributed by atoms with van der Waals surface area (Å²) in [6.07, 6.45) is 2.18.